The summed E-state index contributed by atoms with van der Waals surface area (Å²) >= 11 is 0. The van der Waals surface area contributed by atoms with Crippen molar-refractivity contribution in [3.63, 3.8) is 0 Å². The molecule has 0 aliphatic carbocycles. The molecule has 2 atom stereocenters. The van der Waals surface area contributed by atoms with Crippen molar-refractivity contribution >= 4 is 11.8 Å². The van der Waals surface area contributed by atoms with Gasteiger partial charge in [0.15, 0.2) is 0 Å². The van der Waals surface area contributed by atoms with Crippen molar-refractivity contribution in [2.24, 2.45) is 5.92 Å². The highest BCUT2D eigenvalue weighted by molar-refractivity contribution is 6.21. The van der Waals surface area contributed by atoms with E-state index in [-0.39, 0.29) is 17.7 Å². The van der Waals surface area contributed by atoms with Gasteiger partial charge in [0.1, 0.15) is 0 Å². The smallest absolute Gasteiger partial charge is 0.261 e. The fraction of sp³-hybridized carbons (Fsp3) is 0.300. The number of hydrogen-bond donors (Lipinski definition) is 1. The van der Waals surface area contributed by atoms with E-state index < -0.39 is 12.1 Å². The number of rotatable bonds is 5. The second-order valence-corrected chi connectivity index (χ2v) is 6.58. The lowest BCUT2D eigenvalue weighted by atomic mass is 9.93. The summed E-state index contributed by atoms with van der Waals surface area (Å²) in [4.78, 5) is 26.8. The van der Waals surface area contributed by atoms with Gasteiger partial charge in [-0.05, 0) is 30.0 Å². The van der Waals surface area contributed by atoms with Gasteiger partial charge in [-0.3, -0.25) is 14.5 Å². The number of benzene rings is 2. The molecule has 4 nitrogen and oxygen atoms in total. The second kappa shape index (κ2) is 6.57. The number of carbonyl (C=O) groups excluding carboxylic acids is 2. The molecular formula is C20H21NO3. The molecule has 2 aromatic carbocycles. The van der Waals surface area contributed by atoms with Gasteiger partial charge in [-0.15, -0.1) is 0 Å². The average Bonchev–Trinajstić information content (AvgIpc) is 2.84. The van der Waals surface area contributed by atoms with Crippen LogP contribution in [0.3, 0.4) is 0 Å². The zero-order chi connectivity index (χ0) is 17.3. The SMILES string of the molecule is CC(C)CC([C@@H](O)c1ccccc1)N1C(=O)c2ccccc2C1=O. The quantitative estimate of drug-likeness (QED) is 0.858. The molecule has 2 aromatic rings. The van der Waals surface area contributed by atoms with Crippen LogP contribution >= 0.6 is 0 Å². The molecular weight excluding hydrogens is 302 g/mol. The molecule has 0 saturated carbocycles. The second-order valence-electron chi connectivity index (χ2n) is 6.58. The maximum absolute atomic E-state index is 12.8. The van der Waals surface area contributed by atoms with Gasteiger partial charge in [-0.1, -0.05) is 56.3 Å². The van der Waals surface area contributed by atoms with Gasteiger partial charge < -0.3 is 5.11 Å². The molecule has 124 valence electrons. The predicted octanol–water partition coefficient (Wildman–Crippen LogP) is 3.43. The Morgan fingerprint density at radius 1 is 0.875 bits per heavy atom. The molecule has 1 aliphatic heterocycles. The number of carbonyl (C=O) groups is 2. The summed E-state index contributed by atoms with van der Waals surface area (Å²) in [6, 6.07) is 15.4. The largest absolute Gasteiger partial charge is 0.386 e. The lowest BCUT2D eigenvalue weighted by molar-refractivity contribution is 0.0286. The maximum Gasteiger partial charge on any atom is 0.261 e. The molecule has 0 aromatic heterocycles. The van der Waals surface area contributed by atoms with Gasteiger partial charge in [0.25, 0.3) is 11.8 Å². The van der Waals surface area contributed by atoms with Crippen molar-refractivity contribution in [2.75, 3.05) is 0 Å². The summed E-state index contributed by atoms with van der Waals surface area (Å²) in [5, 5.41) is 10.9. The Morgan fingerprint density at radius 3 is 1.88 bits per heavy atom. The summed E-state index contributed by atoms with van der Waals surface area (Å²) < 4.78 is 0. The fourth-order valence-electron chi connectivity index (χ4n) is 3.24. The van der Waals surface area contributed by atoms with Crippen LogP contribution in [0.15, 0.2) is 54.6 Å². The molecule has 0 spiro atoms. The third-order valence-electron chi connectivity index (χ3n) is 4.38. The standard InChI is InChI=1S/C20H21NO3/c1-13(2)12-17(18(22)14-8-4-3-5-9-14)21-19(23)15-10-6-7-11-16(15)20(21)24/h3-11,13,17-18,22H,12H2,1-2H3/t17?,18-/m0/s1. The Balaban J connectivity index is 1.99. The summed E-state index contributed by atoms with van der Waals surface area (Å²) in [5.74, 6) is -0.412. The molecule has 3 rings (SSSR count). The van der Waals surface area contributed by atoms with E-state index >= 15 is 0 Å². The van der Waals surface area contributed by atoms with E-state index in [1.54, 1.807) is 24.3 Å². The first-order chi connectivity index (χ1) is 11.5. The molecule has 0 radical (unpaired) electrons. The number of fused-ring (bicyclic) bond motifs is 1. The highest BCUT2D eigenvalue weighted by atomic mass is 16.3. The third kappa shape index (κ3) is 2.85. The lowest BCUT2D eigenvalue weighted by Gasteiger charge is -2.32. The number of imide groups is 1. The number of nitrogens with zero attached hydrogens (tertiary/aromatic N) is 1. The Labute approximate surface area is 141 Å². The molecule has 2 amide bonds. The van der Waals surface area contributed by atoms with Crippen LogP contribution in [0, 0.1) is 5.92 Å². The Bertz CT molecular complexity index is 719. The molecule has 0 saturated heterocycles. The Hall–Kier alpha value is -2.46. The molecule has 0 fully saturated rings. The zero-order valence-corrected chi connectivity index (χ0v) is 13.8. The van der Waals surface area contributed by atoms with Crippen molar-refractivity contribution in [1.82, 2.24) is 4.90 Å². The molecule has 1 aliphatic rings. The van der Waals surface area contributed by atoms with Crippen LogP contribution in [-0.4, -0.2) is 27.9 Å². The van der Waals surface area contributed by atoms with Crippen LogP contribution in [-0.2, 0) is 0 Å². The molecule has 24 heavy (non-hydrogen) atoms. The molecule has 1 unspecified atom stereocenters. The summed E-state index contributed by atoms with van der Waals surface area (Å²) in [5.41, 5.74) is 1.53. The molecule has 1 heterocycles. The average molecular weight is 323 g/mol. The van der Waals surface area contributed by atoms with Crippen molar-refractivity contribution in [3.05, 3.63) is 71.3 Å². The van der Waals surface area contributed by atoms with Crippen LogP contribution in [0.1, 0.15) is 52.7 Å². The first kappa shape index (κ1) is 16.4. The summed E-state index contributed by atoms with van der Waals surface area (Å²) in [6.07, 6.45) is -0.363. The van der Waals surface area contributed by atoms with Crippen molar-refractivity contribution in [1.29, 1.82) is 0 Å². The first-order valence-electron chi connectivity index (χ1n) is 8.20. The van der Waals surface area contributed by atoms with Crippen LogP contribution < -0.4 is 0 Å². The lowest BCUT2D eigenvalue weighted by Crippen LogP contribution is -2.44. The maximum atomic E-state index is 12.8. The number of aliphatic hydroxyl groups excluding tert-OH is 1. The van der Waals surface area contributed by atoms with Crippen molar-refractivity contribution in [2.45, 2.75) is 32.4 Å². The van der Waals surface area contributed by atoms with Crippen LogP contribution in [0.2, 0.25) is 0 Å². The van der Waals surface area contributed by atoms with Gasteiger partial charge >= 0.3 is 0 Å². The van der Waals surface area contributed by atoms with Crippen LogP contribution in [0.4, 0.5) is 0 Å². The normalized spacial score (nSPS) is 16.4. The number of aliphatic hydroxyl groups is 1. The van der Waals surface area contributed by atoms with E-state index in [2.05, 4.69) is 0 Å². The monoisotopic (exact) mass is 323 g/mol. The fourth-order valence-corrected chi connectivity index (χ4v) is 3.24. The third-order valence-corrected chi connectivity index (χ3v) is 4.38. The van der Waals surface area contributed by atoms with Crippen LogP contribution in [0.25, 0.3) is 0 Å². The van der Waals surface area contributed by atoms with Gasteiger partial charge in [0, 0.05) is 0 Å². The highest BCUT2D eigenvalue weighted by Crippen LogP contribution is 2.32. The zero-order valence-electron chi connectivity index (χ0n) is 13.8. The van der Waals surface area contributed by atoms with Gasteiger partial charge in [-0.25, -0.2) is 0 Å². The van der Waals surface area contributed by atoms with E-state index in [1.165, 1.54) is 4.90 Å². The number of hydrogen-bond acceptors (Lipinski definition) is 3. The van der Waals surface area contributed by atoms with Crippen LogP contribution in [0.5, 0.6) is 0 Å². The van der Waals surface area contributed by atoms with Crippen molar-refractivity contribution in [3.8, 4) is 0 Å². The first-order valence-corrected chi connectivity index (χ1v) is 8.20. The van der Waals surface area contributed by atoms with E-state index in [4.69, 9.17) is 0 Å². The highest BCUT2D eigenvalue weighted by Gasteiger charge is 2.42. The minimum Gasteiger partial charge on any atom is -0.386 e. The molecule has 4 heteroatoms. The van der Waals surface area contributed by atoms with E-state index in [9.17, 15) is 14.7 Å². The predicted molar refractivity (Wildman–Crippen MR) is 91.6 cm³/mol. The van der Waals surface area contributed by atoms with Gasteiger partial charge in [0.2, 0.25) is 0 Å². The number of amides is 2. The summed E-state index contributed by atoms with van der Waals surface area (Å²) in [6.45, 7) is 4.03. The van der Waals surface area contributed by atoms with Gasteiger partial charge in [0.05, 0.1) is 23.3 Å². The Kier molecular flexibility index (Phi) is 4.49. The van der Waals surface area contributed by atoms with Crippen molar-refractivity contribution < 1.29 is 14.7 Å². The molecule has 1 N–H and O–H groups in total. The Morgan fingerprint density at radius 2 is 1.38 bits per heavy atom. The van der Waals surface area contributed by atoms with Gasteiger partial charge in [-0.2, -0.15) is 0 Å². The minimum atomic E-state index is -0.907. The molecule has 0 bridgehead atoms. The van der Waals surface area contributed by atoms with E-state index in [0.29, 0.717) is 23.1 Å². The van der Waals surface area contributed by atoms with E-state index in [0.717, 1.165) is 0 Å². The summed E-state index contributed by atoms with van der Waals surface area (Å²) in [7, 11) is 0. The van der Waals surface area contributed by atoms with E-state index in [1.807, 2.05) is 44.2 Å². The minimum absolute atomic E-state index is 0.234. The topological polar surface area (TPSA) is 57.6 Å².